The van der Waals surface area contributed by atoms with E-state index in [1.165, 1.54) is 4.70 Å². The Kier molecular flexibility index (Phi) is 4.10. The topological polar surface area (TPSA) is 85.6 Å². The number of rotatable bonds is 3. The number of thiazole rings is 1. The van der Waals surface area contributed by atoms with Crippen molar-refractivity contribution in [2.75, 3.05) is 6.54 Å². The summed E-state index contributed by atoms with van der Waals surface area (Å²) in [6.07, 6.45) is 1.72. The van der Waals surface area contributed by atoms with Crippen LogP contribution in [0.25, 0.3) is 43.6 Å². The Morgan fingerprint density at radius 2 is 1.77 bits per heavy atom. The Hall–Kier alpha value is -3.91. The van der Waals surface area contributed by atoms with Crippen LogP contribution in [-0.4, -0.2) is 37.2 Å². The number of hydrogen-bond donors (Lipinski definition) is 1. The van der Waals surface area contributed by atoms with Crippen molar-refractivity contribution in [2.45, 2.75) is 6.54 Å². The predicted molar refractivity (Wildman–Crippen MR) is 120 cm³/mol. The quantitative estimate of drug-likeness (QED) is 0.473. The zero-order valence-corrected chi connectivity index (χ0v) is 17.1. The van der Waals surface area contributed by atoms with Crippen LogP contribution < -0.4 is 5.32 Å². The van der Waals surface area contributed by atoms with E-state index in [2.05, 4.69) is 26.4 Å². The van der Waals surface area contributed by atoms with Gasteiger partial charge in [0.1, 0.15) is 16.4 Å². The highest BCUT2D eigenvalue weighted by molar-refractivity contribution is 7.21. The number of nitrogens with one attached hydrogen (secondary N) is 1. The average Bonchev–Trinajstić information content (AvgIpc) is 3.45. The standard InChI is InChI=1S/C23H16N6OS/c30-22-19-13-18(28-29(19)12-11-25-22)16-9-10-24-21(26-16)14-5-7-15(8-6-14)23-27-17-3-1-2-4-20(17)31-23/h1-10,13H,11-12H2,(H,25,30). The van der Waals surface area contributed by atoms with Gasteiger partial charge in [-0.2, -0.15) is 5.10 Å². The maximum absolute atomic E-state index is 12.0. The molecule has 1 aliphatic heterocycles. The zero-order chi connectivity index (χ0) is 20.8. The van der Waals surface area contributed by atoms with Crippen molar-refractivity contribution in [2.24, 2.45) is 0 Å². The number of benzene rings is 2. The van der Waals surface area contributed by atoms with Gasteiger partial charge >= 0.3 is 0 Å². The Labute approximate surface area is 181 Å². The van der Waals surface area contributed by atoms with Gasteiger partial charge in [0.05, 0.1) is 22.5 Å². The van der Waals surface area contributed by atoms with Crippen LogP contribution in [-0.2, 0) is 6.54 Å². The first-order valence-corrected chi connectivity index (χ1v) is 10.7. The van der Waals surface area contributed by atoms with Gasteiger partial charge in [-0.25, -0.2) is 15.0 Å². The monoisotopic (exact) mass is 424 g/mol. The largest absolute Gasteiger partial charge is 0.349 e. The summed E-state index contributed by atoms with van der Waals surface area (Å²) in [5, 5.41) is 8.36. The zero-order valence-electron chi connectivity index (χ0n) is 16.3. The van der Waals surface area contributed by atoms with Gasteiger partial charge in [-0.1, -0.05) is 36.4 Å². The number of para-hydroxylation sites is 1. The predicted octanol–water partition coefficient (Wildman–Crippen LogP) is 4.03. The van der Waals surface area contributed by atoms with E-state index in [1.54, 1.807) is 28.3 Å². The second kappa shape index (κ2) is 7.10. The fraction of sp³-hybridized carbons (Fsp3) is 0.0870. The molecule has 0 unspecified atom stereocenters. The molecule has 1 aliphatic rings. The SMILES string of the molecule is O=C1NCCn2nc(-c3ccnc(-c4ccc(-c5nc6ccccc6s5)cc4)n3)cc21. The van der Waals surface area contributed by atoms with Gasteiger partial charge in [0.2, 0.25) is 0 Å². The summed E-state index contributed by atoms with van der Waals surface area (Å²) >= 11 is 1.68. The molecular formula is C23H16N6OS. The summed E-state index contributed by atoms with van der Waals surface area (Å²) in [4.78, 5) is 25.9. The summed E-state index contributed by atoms with van der Waals surface area (Å²) in [6.45, 7) is 1.25. The lowest BCUT2D eigenvalue weighted by Gasteiger charge is -2.13. The molecule has 4 heterocycles. The summed E-state index contributed by atoms with van der Waals surface area (Å²) in [5.41, 5.74) is 4.90. The maximum atomic E-state index is 12.0. The number of carbonyl (C=O) groups excluding carboxylic acids is 1. The lowest BCUT2D eigenvalue weighted by Crippen LogP contribution is -2.35. The molecular weight excluding hydrogens is 408 g/mol. The molecule has 0 saturated heterocycles. The van der Waals surface area contributed by atoms with Crippen LogP contribution in [0.15, 0.2) is 66.9 Å². The van der Waals surface area contributed by atoms with Crippen LogP contribution in [0.5, 0.6) is 0 Å². The van der Waals surface area contributed by atoms with Crippen molar-refractivity contribution in [3.63, 3.8) is 0 Å². The van der Waals surface area contributed by atoms with Crippen molar-refractivity contribution in [1.82, 2.24) is 30.0 Å². The fourth-order valence-electron chi connectivity index (χ4n) is 3.66. The molecule has 2 aromatic carbocycles. The van der Waals surface area contributed by atoms with Crippen molar-refractivity contribution in [3.05, 3.63) is 72.6 Å². The molecule has 150 valence electrons. The van der Waals surface area contributed by atoms with Crippen LogP contribution in [0.3, 0.4) is 0 Å². The number of nitrogens with zero attached hydrogens (tertiary/aromatic N) is 5. The second-order valence-corrected chi connectivity index (χ2v) is 8.25. The van der Waals surface area contributed by atoms with Crippen LogP contribution in [0.4, 0.5) is 0 Å². The molecule has 0 bridgehead atoms. The van der Waals surface area contributed by atoms with Gasteiger partial charge in [-0.05, 0) is 24.3 Å². The number of fused-ring (bicyclic) bond motifs is 2. The maximum Gasteiger partial charge on any atom is 0.269 e. The molecule has 7 nitrogen and oxygen atoms in total. The van der Waals surface area contributed by atoms with Crippen molar-refractivity contribution >= 4 is 27.5 Å². The molecule has 0 radical (unpaired) electrons. The summed E-state index contributed by atoms with van der Waals surface area (Å²) in [7, 11) is 0. The van der Waals surface area contributed by atoms with Crippen LogP contribution in [0, 0.1) is 0 Å². The first-order chi connectivity index (χ1) is 15.2. The number of aromatic nitrogens is 5. The van der Waals surface area contributed by atoms with E-state index in [4.69, 9.17) is 4.98 Å². The number of amides is 1. The minimum Gasteiger partial charge on any atom is -0.349 e. The van der Waals surface area contributed by atoms with E-state index in [0.29, 0.717) is 36.0 Å². The molecule has 0 atom stereocenters. The van der Waals surface area contributed by atoms with E-state index in [0.717, 1.165) is 21.7 Å². The van der Waals surface area contributed by atoms with Gasteiger partial charge in [-0.15, -0.1) is 11.3 Å². The van der Waals surface area contributed by atoms with Gasteiger partial charge in [0, 0.05) is 23.9 Å². The third kappa shape index (κ3) is 3.17. The minimum atomic E-state index is -0.107. The normalized spacial score (nSPS) is 13.2. The third-order valence-corrected chi connectivity index (χ3v) is 6.31. The van der Waals surface area contributed by atoms with Crippen LogP contribution in [0.1, 0.15) is 10.5 Å². The van der Waals surface area contributed by atoms with Crippen LogP contribution >= 0.6 is 11.3 Å². The first kappa shape index (κ1) is 17.9. The average molecular weight is 424 g/mol. The Bertz CT molecular complexity index is 1400. The summed E-state index contributed by atoms with van der Waals surface area (Å²) < 4.78 is 2.90. The third-order valence-electron chi connectivity index (χ3n) is 5.22. The summed E-state index contributed by atoms with van der Waals surface area (Å²) in [5.74, 6) is 0.508. The molecule has 31 heavy (non-hydrogen) atoms. The molecule has 1 N–H and O–H groups in total. The Balaban J connectivity index is 1.32. The smallest absolute Gasteiger partial charge is 0.269 e. The van der Waals surface area contributed by atoms with Gasteiger partial charge < -0.3 is 5.32 Å². The van der Waals surface area contributed by atoms with Crippen molar-refractivity contribution in [3.8, 4) is 33.3 Å². The van der Waals surface area contributed by atoms with Gasteiger partial charge in [0.25, 0.3) is 5.91 Å². The number of carbonyl (C=O) groups is 1. The number of hydrogen-bond acceptors (Lipinski definition) is 6. The van der Waals surface area contributed by atoms with Gasteiger partial charge in [-0.3, -0.25) is 9.48 Å². The lowest BCUT2D eigenvalue weighted by atomic mass is 10.1. The second-order valence-electron chi connectivity index (χ2n) is 7.22. The highest BCUT2D eigenvalue weighted by Gasteiger charge is 2.20. The van der Waals surface area contributed by atoms with Gasteiger partial charge in [0.15, 0.2) is 5.82 Å². The Morgan fingerprint density at radius 1 is 0.935 bits per heavy atom. The lowest BCUT2D eigenvalue weighted by molar-refractivity contribution is 0.0924. The van der Waals surface area contributed by atoms with Crippen molar-refractivity contribution < 1.29 is 4.79 Å². The van der Waals surface area contributed by atoms with Crippen LogP contribution in [0.2, 0.25) is 0 Å². The van der Waals surface area contributed by atoms with E-state index < -0.39 is 0 Å². The summed E-state index contributed by atoms with van der Waals surface area (Å²) in [6, 6.07) is 19.8. The molecule has 0 fully saturated rings. The Morgan fingerprint density at radius 3 is 2.61 bits per heavy atom. The van der Waals surface area contributed by atoms with Crippen molar-refractivity contribution in [1.29, 1.82) is 0 Å². The molecule has 0 saturated carbocycles. The van der Waals surface area contributed by atoms with E-state index in [-0.39, 0.29) is 5.91 Å². The van der Waals surface area contributed by atoms with E-state index >= 15 is 0 Å². The first-order valence-electron chi connectivity index (χ1n) is 9.90. The molecule has 6 rings (SSSR count). The molecule has 5 aromatic rings. The molecule has 1 amide bonds. The molecule has 3 aromatic heterocycles. The molecule has 8 heteroatoms. The van der Waals surface area contributed by atoms with E-state index in [1.807, 2.05) is 48.5 Å². The molecule has 0 aliphatic carbocycles. The highest BCUT2D eigenvalue weighted by atomic mass is 32.1. The molecule has 0 spiro atoms. The minimum absolute atomic E-state index is 0.107. The fourth-order valence-corrected chi connectivity index (χ4v) is 4.63. The van der Waals surface area contributed by atoms with E-state index in [9.17, 15) is 4.79 Å². The highest BCUT2D eigenvalue weighted by Crippen LogP contribution is 2.31.